The van der Waals surface area contributed by atoms with Crippen molar-refractivity contribution in [1.29, 1.82) is 0 Å². The molecule has 2 aromatic rings. The Labute approximate surface area is 129 Å². The Morgan fingerprint density at radius 3 is 2.90 bits per heavy atom. The molecule has 2 aromatic carbocycles. The highest BCUT2D eigenvalue weighted by Gasteiger charge is 2.18. The summed E-state index contributed by atoms with van der Waals surface area (Å²) in [5.41, 5.74) is 1.06. The average molecular weight is 352 g/mol. The van der Waals surface area contributed by atoms with Crippen LogP contribution in [0.3, 0.4) is 0 Å². The van der Waals surface area contributed by atoms with E-state index in [1.807, 2.05) is 12.1 Å². The summed E-state index contributed by atoms with van der Waals surface area (Å²) in [6, 6.07) is 9.80. The summed E-state index contributed by atoms with van der Waals surface area (Å²) in [7, 11) is 0. The van der Waals surface area contributed by atoms with Crippen LogP contribution in [0.15, 0.2) is 40.9 Å². The lowest BCUT2D eigenvalue weighted by Crippen LogP contribution is -2.23. The Morgan fingerprint density at radius 2 is 2.05 bits per heavy atom. The number of ether oxygens (including phenoxy) is 2. The highest BCUT2D eigenvalue weighted by atomic mass is 79.9. The minimum atomic E-state index is -0.472. The molecule has 0 aromatic heterocycles. The van der Waals surface area contributed by atoms with Gasteiger partial charge in [-0.05, 0) is 34.1 Å². The molecule has 21 heavy (non-hydrogen) atoms. The SMILES string of the molecule is O=C(NCc1cccc2c1OCO2)c1cccc(F)c1Br. The third-order valence-electron chi connectivity index (χ3n) is 3.11. The first-order valence-corrected chi connectivity index (χ1v) is 7.06. The van der Waals surface area contributed by atoms with Gasteiger partial charge in [-0.2, -0.15) is 0 Å². The fourth-order valence-corrected chi connectivity index (χ4v) is 2.52. The predicted molar refractivity (Wildman–Crippen MR) is 77.8 cm³/mol. The van der Waals surface area contributed by atoms with Gasteiger partial charge in [0.1, 0.15) is 5.82 Å². The van der Waals surface area contributed by atoms with E-state index in [1.54, 1.807) is 12.1 Å². The number of hydrogen-bond acceptors (Lipinski definition) is 3. The van der Waals surface area contributed by atoms with E-state index >= 15 is 0 Å². The zero-order chi connectivity index (χ0) is 14.8. The summed E-state index contributed by atoms with van der Waals surface area (Å²) in [4.78, 5) is 12.1. The fourth-order valence-electron chi connectivity index (χ4n) is 2.08. The average Bonchev–Trinajstić information content (AvgIpc) is 2.96. The fraction of sp³-hybridized carbons (Fsp3) is 0.133. The van der Waals surface area contributed by atoms with E-state index in [2.05, 4.69) is 21.2 Å². The topological polar surface area (TPSA) is 47.6 Å². The summed E-state index contributed by atoms with van der Waals surface area (Å²) >= 11 is 3.08. The smallest absolute Gasteiger partial charge is 0.252 e. The van der Waals surface area contributed by atoms with Gasteiger partial charge in [0.25, 0.3) is 5.91 Å². The Morgan fingerprint density at radius 1 is 1.24 bits per heavy atom. The van der Waals surface area contributed by atoms with Gasteiger partial charge in [-0.15, -0.1) is 0 Å². The third kappa shape index (κ3) is 2.71. The van der Waals surface area contributed by atoms with Crippen molar-refractivity contribution in [3.63, 3.8) is 0 Å². The van der Waals surface area contributed by atoms with Crippen molar-refractivity contribution in [1.82, 2.24) is 5.32 Å². The Balaban J connectivity index is 1.75. The highest BCUT2D eigenvalue weighted by Crippen LogP contribution is 2.35. The number of carbonyl (C=O) groups excluding carboxylic acids is 1. The Hall–Kier alpha value is -2.08. The Kier molecular flexibility index (Phi) is 3.79. The van der Waals surface area contributed by atoms with Gasteiger partial charge in [-0.1, -0.05) is 18.2 Å². The standard InChI is InChI=1S/C15H11BrFNO3/c16-13-10(4-2-5-11(13)17)15(19)18-7-9-3-1-6-12-14(9)21-8-20-12/h1-6H,7-8H2,(H,18,19). The van der Waals surface area contributed by atoms with E-state index < -0.39 is 5.82 Å². The van der Waals surface area contributed by atoms with Crippen LogP contribution in [0.4, 0.5) is 4.39 Å². The van der Waals surface area contributed by atoms with Gasteiger partial charge < -0.3 is 14.8 Å². The molecule has 0 aliphatic carbocycles. The van der Waals surface area contributed by atoms with E-state index in [0.717, 1.165) is 5.56 Å². The first-order valence-electron chi connectivity index (χ1n) is 6.26. The number of para-hydroxylation sites is 1. The largest absolute Gasteiger partial charge is 0.454 e. The van der Waals surface area contributed by atoms with Gasteiger partial charge in [0.15, 0.2) is 11.5 Å². The molecule has 4 nitrogen and oxygen atoms in total. The maximum Gasteiger partial charge on any atom is 0.252 e. The van der Waals surface area contributed by atoms with Gasteiger partial charge in [-0.3, -0.25) is 4.79 Å². The molecule has 0 saturated heterocycles. The molecule has 1 N–H and O–H groups in total. The second-order valence-electron chi connectivity index (χ2n) is 4.43. The quantitative estimate of drug-likeness (QED) is 0.923. The first-order chi connectivity index (χ1) is 10.2. The van der Waals surface area contributed by atoms with Crippen molar-refractivity contribution < 1.29 is 18.7 Å². The van der Waals surface area contributed by atoms with E-state index in [0.29, 0.717) is 11.5 Å². The van der Waals surface area contributed by atoms with Crippen molar-refractivity contribution in [2.75, 3.05) is 6.79 Å². The summed E-state index contributed by atoms with van der Waals surface area (Å²) in [6.07, 6.45) is 0. The van der Waals surface area contributed by atoms with Crippen molar-refractivity contribution in [3.05, 3.63) is 57.8 Å². The summed E-state index contributed by atoms with van der Waals surface area (Å²) < 4.78 is 24.2. The molecule has 0 radical (unpaired) electrons. The molecular formula is C15H11BrFNO3. The summed E-state index contributed by atoms with van der Waals surface area (Å²) in [5.74, 6) is 0.461. The van der Waals surface area contributed by atoms with Crippen LogP contribution in [0.2, 0.25) is 0 Å². The molecule has 0 atom stereocenters. The molecule has 1 amide bonds. The van der Waals surface area contributed by atoms with Gasteiger partial charge in [0.2, 0.25) is 6.79 Å². The first kappa shape index (κ1) is 13.9. The minimum absolute atomic E-state index is 0.153. The van der Waals surface area contributed by atoms with Gasteiger partial charge in [0.05, 0.1) is 10.0 Å². The number of carbonyl (C=O) groups is 1. The monoisotopic (exact) mass is 351 g/mol. The van der Waals surface area contributed by atoms with Crippen LogP contribution in [-0.4, -0.2) is 12.7 Å². The van der Waals surface area contributed by atoms with Crippen LogP contribution in [-0.2, 0) is 6.54 Å². The number of rotatable bonds is 3. The van der Waals surface area contributed by atoms with Gasteiger partial charge >= 0.3 is 0 Å². The molecular weight excluding hydrogens is 341 g/mol. The van der Waals surface area contributed by atoms with E-state index in [4.69, 9.17) is 9.47 Å². The number of fused-ring (bicyclic) bond motifs is 1. The van der Waals surface area contributed by atoms with Crippen molar-refractivity contribution in [2.45, 2.75) is 6.54 Å². The second-order valence-corrected chi connectivity index (χ2v) is 5.23. The van der Waals surface area contributed by atoms with Crippen LogP contribution < -0.4 is 14.8 Å². The molecule has 1 aliphatic rings. The van der Waals surface area contributed by atoms with Crippen molar-refractivity contribution in [3.8, 4) is 11.5 Å². The zero-order valence-electron chi connectivity index (χ0n) is 10.9. The number of hydrogen-bond donors (Lipinski definition) is 1. The number of halogens is 2. The lowest BCUT2D eigenvalue weighted by molar-refractivity contribution is 0.0949. The van der Waals surface area contributed by atoms with Crippen molar-refractivity contribution in [2.24, 2.45) is 0 Å². The molecule has 0 saturated carbocycles. The lowest BCUT2D eigenvalue weighted by Gasteiger charge is -2.09. The van der Waals surface area contributed by atoms with Gasteiger partial charge in [0, 0.05) is 12.1 Å². The number of amides is 1. The van der Waals surface area contributed by atoms with Crippen LogP contribution >= 0.6 is 15.9 Å². The minimum Gasteiger partial charge on any atom is -0.454 e. The molecule has 0 fully saturated rings. The predicted octanol–water partition coefficient (Wildman–Crippen LogP) is 3.25. The Bertz CT molecular complexity index is 705. The van der Waals surface area contributed by atoms with Crippen LogP contribution in [0.1, 0.15) is 15.9 Å². The molecule has 0 spiro atoms. The van der Waals surface area contributed by atoms with Gasteiger partial charge in [-0.25, -0.2) is 4.39 Å². The van der Waals surface area contributed by atoms with E-state index in [9.17, 15) is 9.18 Å². The lowest BCUT2D eigenvalue weighted by atomic mass is 10.1. The number of nitrogens with one attached hydrogen (secondary N) is 1. The zero-order valence-corrected chi connectivity index (χ0v) is 12.4. The maximum atomic E-state index is 13.4. The molecule has 1 aliphatic heterocycles. The van der Waals surface area contributed by atoms with Crippen LogP contribution in [0, 0.1) is 5.82 Å². The molecule has 6 heteroatoms. The normalized spacial score (nSPS) is 12.3. The molecule has 3 rings (SSSR count). The maximum absolute atomic E-state index is 13.4. The molecule has 108 valence electrons. The summed E-state index contributed by atoms with van der Waals surface area (Å²) in [5, 5.41) is 2.74. The molecule has 0 bridgehead atoms. The molecule has 1 heterocycles. The van der Waals surface area contributed by atoms with Crippen molar-refractivity contribution >= 4 is 21.8 Å². The van der Waals surface area contributed by atoms with E-state index in [1.165, 1.54) is 12.1 Å². The third-order valence-corrected chi connectivity index (χ3v) is 3.92. The highest BCUT2D eigenvalue weighted by molar-refractivity contribution is 9.10. The van der Waals surface area contributed by atoms with E-state index in [-0.39, 0.29) is 29.3 Å². The van der Waals surface area contributed by atoms with Crippen LogP contribution in [0.25, 0.3) is 0 Å². The summed E-state index contributed by atoms with van der Waals surface area (Å²) in [6.45, 7) is 0.448. The second kappa shape index (κ2) is 5.73. The van der Waals surface area contributed by atoms with Crippen LogP contribution in [0.5, 0.6) is 11.5 Å². The molecule has 0 unspecified atom stereocenters. The number of benzene rings is 2.